The SMILES string of the molecule is CC(C)(C(=O)NCCOCCO)S(C)(=O)=O. The third-order valence-corrected chi connectivity index (χ3v) is 4.28. The maximum atomic E-state index is 11.5. The minimum atomic E-state index is -3.44. The molecule has 0 aromatic rings. The van der Waals surface area contributed by atoms with Crippen LogP contribution in [0.1, 0.15) is 13.8 Å². The van der Waals surface area contributed by atoms with Crippen molar-refractivity contribution in [3.05, 3.63) is 0 Å². The third-order valence-electron chi connectivity index (χ3n) is 2.24. The average molecular weight is 253 g/mol. The Hall–Kier alpha value is -0.660. The van der Waals surface area contributed by atoms with Crippen molar-refractivity contribution in [2.75, 3.05) is 32.6 Å². The van der Waals surface area contributed by atoms with Crippen molar-refractivity contribution in [2.24, 2.45) is 0 Å². The van der Waals surface area contributed by atoms with Crippen LogP contribution in [-0.4, -0.2) is 56.8 Å². The number of carbonyl (C=O) groups is 1. The Labute approximate surface area is 95.9 Å². The molecule has 0 bridgehead atoms. The molecule has 16 heavy (non-hydrogen) atoms. The first kappa shape index (κ1) is 15.3. The highest BCUT2D eigenvalue weighted by Crippen LogP contribution is 2.14. The Morgan fingerprint density at radius 2 is 1.94 bits per heavy atom. The zero-order chi connectivity index (χ0) is 12.8. The van der Waals surface area contributed by atoms with Gasteiger partial charge in [0.2, 0.25) is 5.91 Å². The molecule has 0 aromatic heterocycles. The first-order valence-electron chi connectivity index (χ1n) is 4.90. The van der Waals surface area contributed by atoms with E-state index >= 15 is 0 Å². The van der Waals surface area contributed by atoms with Gasteiger partial charge in [-0.05, 0) is 13.8 Å². The molecule has 0 saturated heterocycles. The maximum absolute atomic E-state index is 11.5. The summed E-state index contributed by atoms with van der Waals surface area (Å²) in [5.74, 6) is -0.553. The Morgan fingerprint density at radius 1 is 1.38 bits per heavy atom. The first-order chi connectivity index (χ1) is 7.23. The summed E-state index contributed by atoms with van der Waals surface area (Å²) in [7, 11) is -3.44. The van der Waals surface area contributed by atoms with Gasteiger partial charge in [0.15, 0.2) is 9.84 Å². The standard InChI is InChI=1S/C9H19NO5S/c1-9(2,16(3,13)14)8(12)10-4-6-15-7-5-11/h11H,4-7H2,1-3H3,(H,10,12). The van der Waals surface area contributed by atoms with Crippen LogP contribution in [0, 0.1) is 0 Å². The smallest absolute Gasteiger partial charge is 0.240 e. The summed E-state index contributed by atoms with van der Waals surface area (Å²) >= 11 is 0. The van der Waals surface area contributed by atoms with E-state index in [1.807, 2.05) is 0 Å². The first-order valence-corrected chi connectivity index (χ1v) is 6.79. The number of amides is 1. The van der Waals surface area contributed by atoms with E-state index < -0.39 is 20.5 Å². The van der Waals surface area contributed by atoms with Gasteiger partial charge in [0.25, 0.3) is 0 Å². The van der Waals surface area contributed by atoms with E-state index in [0.717, 1.165) is 6.26 Å². The summed E-state index contributed by atoms with van der Waals surface area (Å²) in [5, 5.41) is 10.9. The molecule has 96 valence electrons. The highest BCUT2D eigenvalue weighted by Gasteiger charge is 2.37. The van der Waals surface area contributed by atoms with Gasteiger partial charge in [-0.2, -0.15) is 0 Å². The van der Waals surface area contributed by atoms with Crippen LogP contribution in [0.25, 0.3) is 0 Å². The molecular weight excluding hydrogens is 234 g/mol. The second kappa shape index (κ2) is 6.17. The zero-order valence-electron chi connectivity index (χ0n) is 9.82. The molecule has 2 N–H and O–H groups in total. The highest BCUT2D eigenvalue weighted by atomic mass is 32.2. The molecule has 7 heteroatoms. The summed E-state index contributed by atoms with van der Waals surface area (Å²) in [6.45, 7) is 3.29. The fourth-order valence-electron chi connectivity index (χ4n) is 0.785. The summed E-state index contributed by atoms with van der Waals surface area (Å²) in [6, 6.07) is 0. The minimum absolute atomic E-state index is 0.0806. The lowest BCUT2D eigenvalue weighted by molar-refractivity contribution is -0.123. The number of carbonyl (C=O) groups excluding carboxylic acids is 1. The van der Waals surface area contributed by atoms with Crippen LogP contribution in [0.15, 0.2) is 0 Å². The van der Waals surface area contributed by atoms with Crippen LogP contribution in [0.5, 0.6) is 0 Å². The van der Waals surface area contributed by atoms with Crippen LogP contribution in [0.3, 0.4) is 0 Å². The van der Waals surface area contributed by atoms with E-state index in [1.54, 1.807) is 0 Å². The zero-order valence-corrected chi connectivity index (χ0v) is 10.6. The average Bonchev–Trinajstić information content (AvgIpc) is 2.15. The molecule has 0 rings (SSSR count). The Kier molecular flexibility index (Phi) is 5.91. The Bertz CT molecular complexity index is 323. The van der Waals surface area contributed by atoms with Gasteiger partial charge in [0.1, 0.15) is 4.75 Å². The van der Waals surface area contributed by atoms with Gasteiger partial charge in [-0.3, -0.25) is 4.79 Å². The van der Waals surface area contributed by atoms with E-state index in [0.29, 0.717) is 0 Å². The van der Waals surface area contributed by atoms with Gasteiger partial charge in [-0.1, -0.05) is 0 Å². The van der Waals surface area contributed by atoms with Gasteiger partial charge in [-0.25, -0.2) is 8.42 Å². The lowest BCUT2D eigenvalue weighted by Gasteiger charge is -2.21. The number of sulfone groups is 1. The van der Waals surface area contributed by atoms with E-state index in [-0.39, 0.29) is 26.4 Å². The topological polar surface area (TPSA) is 92.7 Å². The number of rotatable bonds is 7. The predicted molar refractivity (Wildman–Crippen MR) is 59.8 cm³/mol. The molecule has 6 nitrogen and oxygen atoms in total. The van der Waals surface area contributed by atoms with Crippen molar-refractivity contribution in [1.29, 1.82) is 0 Å². The van der Waals surface area contributed by atoms with Gasteiger partial charge >= 0.3 is 0 Å². The number of aliphatic hydroxyl groups excluding tert-OH is 1. The lowest BCUT2D eigenvalue weighted by Crippen LogP contribution is -2.48. The van der Waals surface area contributed by atoms with Crippen molar-refractivity contribution in [2.45, 2.75) is 18.6 Å². The summed E-state index contributed by atoms with van der Waals surface area (Å²) < 4.78 is 26.1. The van der Waals surface area contributed by atoms with Crippen molar-refractivity contribution in [1.82, 2.24) is 5.32 Å². The predicted octanol–water partition coefficient (Wildman–Crippen LogP) is -1.07. The van der Waals surface area contributed by atoms with Gasteiger partial charge < -0.3 is 15.2 Å². The van der Waals surface area contributed by atoms with Crippen molar-refractivity contribution >= 4 is 15.7 Å². The molecule has 0 aliphatic heterocycles. The fourth-order valence-corrected chi connectivity index (χ4v) is 1.19. The van der Waals surface area contributed by atoms with Gasteiger partial charge in [0.05, 0.1) is 19.8 Å². The van der Waals surface area contributed by atoms with E-state index in [1.165, 1.54) is 13.8 Å². The molecule has 1 amide bonds. The lowest BCUT2D eigenvalue weighted by atomic mass is 10.2. The molecule has 0 unspecified atom stereocenters. The van der Waals surface area contributed by atoms with E-state index in [4.69, 9.17) is 9.84 Å². The van der Waals surface area contributed by atoms with E-state index in [9.17, 15) is 13.2 Å². The molecule has 0 aliphatic carbocycles. The third kappa shape index (κ3) is 4.46. The van der Waals surface area contributed by atoms with Crippen LogP contribution in [-0.2, 0) is 19.4 Å². The monoisotopic (exact) mass is 253 g/mol. The largest absolute Gasteiger partial charge is 0.394 e. The molecule has 0 aliphatic rings. The normalized spacial score (nSPS) is 12.5. The van der Waals surface area contributed by atoms with Crippen molar-refractivity contribution in [3.8, 4) is 0 Å². The number of aliphatic hydroxyl groups is 1. The molecule has 0 aromatic carbocycles. The number of ether oxygens (including phenoxy) is 1. The second-order valence-electron chi connectivity index (χ2n) is 3.87. The van der Waals surface area contributed by atoms with Gasteiger partial charge in [0, 0.05) is 12.8 Å². The van der Waals surface area contributed by atoms with Crippen LogP contribution >= 0.6 is 0 Å². The Balaban J connectivity index is 4.08. The van der Waals surface area contributed by atoms with Gasteiger partial charge in [-0.15, -0.1) is 0 Å². The van der Waals surface area contributed by atoms with Crippen molar-refractivity contribution < 1.29 is 23.1 Å². The quantitative estimate of drug-likeness (QED) is 0.564. The number of nitrogens with one attached hydrogen (secondary N) is 1. The Morgan fingerprint density at radius 3 is 2.38 bits per heavy atom. The summed E-state index contributed by atoms with van der Waals surface area (Å²) in [5.41, 5.74) is 0. The van der Waals surface area contributed by atoms with Crippen molar-refractivity contribution in [3.63, 3.8) is 0 Å². The molecule has 0 atom stereocenters. The molecule has 0 radical (unpaired) electrons. The fraction of sp³-hybridized carbons (Fsp3) is 0.889. The van der Waals surface area contributed by atoms with Crippen LogP contribution in [0.2, 0.25) is 0 Å². The van der Waals surface area contributed by atoms with Crippen LogP contribution in [0.4, 0.5) is 0 Å². The molecular formula is C9H19NO5S. The minimum Gasteiger partial charge on any atom is -0.394 e. The maximum Gasteiger partial charge on any atom is 0.240 e. The molecule has 0 fully saturated rings. The second-order valence-corrected chi connectivity index (χ2v) is 6.44. The molecule has 0 heterocycles. The summed E-state index contributed by atoms with van der Waals surface area (Å²) in [6.07, 6.45) is 1.02. The molecule has 0 saturated carbocycles. The number of hydrogen-bond acceptors (Lipinski definition) is 5. The molecule has 0 spiro atoms. The number of hydrogen-bond donors (Lipinski definition) is 2. The van der Waals surface area contributed by atoms with Crippen LogP contribution < -0.4 is 5.32 Å². The summed E-state index contributed by atoms with van der Waals surface area (Å²) in [4.78, 5) is 11.5. The highest BCUT2D eigenvalue weighted by molar-refractivity contribution is 7.92. The van der Waals surface area contributed by atoms with E-state index in [2.05, 4.69) is 5.32 Å².